The summed E-state index contributed by atoms with van der Waals surface area (Å²) in [6, 6.07) is 25.6. The molecular formula is C22H20N2O3S. The minimum absolute atomic E-state index is 0.155. The van der Waals surface area contributed by atoms with Crippen LogP contribution in [0.4, 0.5) is 5.69 Å². The molecule has 0 radical (unpaired) electrons. The summed E-state index contributed by atoms with van der Waals surface area (Å²) in [6.45, 7) is 0.284. The molecule has 0 saturated heterocycles. The van der Waals surface area contributed by atoms with Crippen molar-refractivity contribution in [1.29, 1.82) is 0 Å². The highest BCUT2D eigenvalue weighted by molar-refractivity contribution is 7.89. The van der Waals surface area contributed by atoms with Gasteiger partial charge in [-0.15, -0.1) is 0 Å². The molecule has 4 rings (SSSR count). The number of anilines is 1. The Labute approximate surface area is 164 Å². The molecular weight excluding hydrogens is 372 g/mol. The fourth-order valence-corrected chi connectivity index (χ4v) is 4.93. The van der Waals surface area contributed by atoms with Crippen LogP contribution >= 0.6 is 0 Å². The molecule has 142 valence electrons. The van der Waals surface area contributed by atoms with Crippen molar-refractivity contribution in [2.45, 2.75) is 18.0 Å². The maximum Gasteiger partial charge on any atom is 0.245 e. The number of fused-ring (bicyclic) bond motifs is 1. The van der Waals surface area contributed by atoms with Crippen LogP contribution in [0.1, 0.15) is 11.1 Å². The number of hydrogen-bond acceptors (Lipinski definition) is 3. The third-order valence-corrected chi connectivity index (χ3v) is 6.61. The van der Waals surface area contributed by atoms with Crippen LogP contribution in [0.2, 0.25) is 0 Å². The quantitative estimate of drug-likeness (QED) is 0.684. The molecule has 28 heavy (non-hydrogen) atoms. The first-order valence-corrected chi connectivity index (χ1v) is 10.5. The second kappa shape index (κ2) is 7.58. The van der Waals surface area contributed by atoms with Gasteiger partial charge in [0.2, 0.25) is 15.9 Å². The van der Waals surface area contributed by atoms with Gasteiger partial charge in [0.15, 0.2) is 0 Å². The number of sulfonamides is 1. The molecule has 1 amide bonds. The van der Waals surface area contributed by atoms with E-state index in [0.29, 0.717) is 12.2 Å². The number of benzene rings is 3. The summed E-state index contributed by atoms with van der Waals surface area (Å²) in [5.74, 6) is -0.242. The van der Waals surface area contributed by atoms with Crippen molar-refractivity contribution < 1.29 is 13.2 Å². The molecule has 0 spiro atoms. The largest absolute Gasteiger partial charge is 0.305 e. The molecule has 0 bridgehead atoms. The van der Waals surface area contributed by atoms with Crippen molar-refractivity contribution in [1.82, 2.24) is 4.31 Å². The summed E-state index contributed by atoms with van der Waals surface area (Å²) in [5.41, 5.74) is 2.21. The Morgan fingerprint density at radius 1 is 0.714 bits per heavy atom. The molecule has 0 saturated carbocycles. The number of nitrogens with zero attached hydrogens (tertiary/aromatic N) is 2. The molecule has 0 unspecified atom stereocenters. The number of carbonyl (C=O) groups excluding carboxylic acids is 1. The van der Waals surface area contributed by atoms with Crippen molar-refractivity contribution >= 4 is 21.6 Å². The second-order valence-electron chi connectivity index (χ2n) is 6.69. The summed E-state index contributed by atoms with van der Waals surface area (Å²) in [4.78, 5) is 14.8. The van der Waals surface area contributed by atoms with Gasteiger partial charge in [-0.1, -0.05) is 72.8 Å². The summed E-state index contributed by atoms with van der Waals surface area (Å²) < 4.78 is 27.9. The monoisotopic (exact) mass is 392 g/mol. The van der Waals surface area contributed by atoms with Gasteiger partial charge in [-0.25, -0.2) is 8.42 Å². The first kappa shape index (κ1) is 18.4. The Bertz CT molecular complexity index is 1080. The van der Waals surface area contributed by atoms with Crippen LogP contribution in [-0.4, -0.2) is 25.2 Å². The van der Waals surface area contributed by atoms with Crippen molar-refractivity contribution in [2.24, 2.45) is 0 Å². The highest BCUT2D eigenvalue weighted by Crippen LogP contribution is 2.33. The molecule has 1 aliphatic heterocycles. The molecule has 1 heterocycles. The lowest BCUT2D eigenvalue weighted by Gasteiger charge is -2.22. The predicted molar refractivity (Wildman–Crippen MR) is 108 cm³/mol. The normalized spacial score (nSPS) is 16.4. The zero-order valence-corrected chi connectivity index (χ0v) is 16.0. The molecule has 6 heteroatoms. The van der Waals surface area contributed by atoms with Gasteiger partial charge in [-0.05, 0) is 23.3 Å². The lowest BCUT2D eigenvalue weighted by molar-refractivity contribution is -0.119. The molecule has 0 N–H and O–H groups in total. The number of para-hydroxylation sites is 1. The maximum absolute atomic E-state index is 13.3. The predicted octanol–water partition coefficient (Wildman–Crippen LogP) is 3.42. The average Bonchev–Trinajstić information content (AvgIpc) is 2.79. The Hall–Kier alpha value is -2.96. The zero-order valence-electron chi connectivity index (χ0n) is 15.2. The molecule has 0 atom stereocenters. The fourth-order valence-electron chi connectivity index (χ4n) is 3.36. The summed E-state index contributed by atoms with van der Waals surface area (Å²) in [6.07, 6.45) is 0. The van der Waals surface area contributed by atoms with Gasteiger partial charge in [0, 0.05) is 6.54 Å². The third kappa shape index (κ3) is 3.56. The number of carbonyl (C=O) groups is 1. The van der Waals surface area contributed by atoms with Crippen molar-refractivity contribution in [3.63, 3.8) is 0 Å². The van der Waals surface area contributed by atoms with Crippen LogP contribution in [0, 0.1) is 0 Å². The highest BCUT2D eigenvalue weighted by atomic mass is 32.2. The van der Waals surface area contributed by atoms with Gasteiger partial charge in [-0.2, -0.15) is 4.31 Å². The first-order valence-electron chi connectivity index (χ1n) is 9.03. The van der Waals surface area contributed by atoms with Crippen LogP contribution < -0.4 is 4.90 Å². The van der Waals surface area contributed by atoms with E-state index in [1.54, 1.807) is 29.2 Å². The minimum Gasteiger partial charge on any atom is -0.305 e. The van der Waals surface area contributed by atoms with Crippen molar-refractivity contribution in [3.05, 3.63) is 96.1 Å². The van der Waals surface area contributed by atoms with Crippen LogP contribution in [0.3, 0.4) is 0 Å². The van der Waals surface area contributed by atoms with Gasteiger partial charge in [0.1, 0.15) is 4.90 Å². The fraction of sp³-hybridized carbons (Fsp3) is 0.136. The number of hydrogen-bond donors (Lipinski definition) is 0. The minimum atomic E-state index is -3.80. The average molecular weight is 392 g/mol. The van der Waals surface area contributed by atoms with Crippen molar-refractivity contribution in [2.75, 3.05) is 11.4 Å². The first-order chi connectivity index (χ1) is 13.6. The Morgan fingerprint density at radius 3 is 1.89 bits per heavy atom. The molecule has 3 aromatic carbocycles. The van der Waals surface area contributed by atoms with E-state index in [4.69, 9.17) is 0 Å². The van der Waals surface area contributed by atoms with Crippen LogP contribution in [0.25, 0.3) is 0 Å². The molecule has 0 aromatic heterocycles. The van der Waals surface area contributed by atoms with E-state index in [1.165, 1.54) is 4.31 Å². The van der Waals surface area contributed by atoms with Gasteiger partial charge in [0.05, 0.1) is 18.8 Å². The SMILES string of the molecule is O=C1CN(Cc2ccccc2)S(=O)(=O)c2ccccc2N1Cc1ccccc1. The van der Waals surface area contributed by atoms with Gasteiger partial charge >= 0.3 is 0 Å². The van der Waals surface area contributed by atoms with Crippen LogP contribution in [0.15, 0.2) is 89.8 Å². The van der Waals surface area contributed by atoms with Gasteiger partial charge in [-0.3, -0.25) is 4.79 Å². The number of rotatable bonds is 4. The zero-order chi connectivity index (χ0) is 19.6. The summed E-state index contributed by atoms with van der Waals surface area (Å²) >= 11 is 0. The standard InChI is InChI=1S/C22H20N2O3S/c25-22-17-23(15-18-9-3-1-4-10-18)28(26,27)21-14-8-7-13-20(21)24(22)16-19-11-5-2-6-12-19/h1-14H,15-17H2. The third-order valence-electron chi connectivity index (χ3n) is 4.77. The van der Waals surface area contributed by atoms with E-state index < -0.39 is 10.0 Å². The maximum atomic E-state index is 13.3. The Balaban J connectivity index is 1.76. The number of amides is 1. The lowest BCUT2D eigenvalue weighted by atomic mass is 10.2. The van der Waals surface area contributed by atoms with Crippen LogP contribution in [-0.2, 0) is 27.9 Å². The van der Waals surface area contributed by atoms with E-state index in [1.807, 2.05) is 60.7 Å². The van der Waals surface area contributed by atoms with E-state index >= 15 is 0 Å². The summed E-state index contributed by atoms with van der Waals surface area (Å²) in [7, 11) is -3.80. The van der Waals surface area contributed by atoms with E-state index in [0.717, 1.165) is 11.1 Å². The van der Waals surface area contributed by atoms with Gasteiger partial charge < -0.3 is 4.90 Å². The molecule has 0 aliphatic carbocycles. The molecule has 0 fully saturated rings. The lowest BCUT2D eigenvalue weighted by Crippen LogP contribution is -2.38. The second-order valence-corrected chi connectivity index (χ2v) is 8.60. The van der Waals surface area contributed by atoms with Crippen LogP contribution in [0.5, 0.6) is 0 Å². The van der Waals surface area contributed by atoms with E-state index in [-0.39, 0.29) is 23.9 Å². The highest BCUT2D eigenvalue weighted by Gasteiger charge is 2.36. The van der Waals surface area contributed by atoms with E-state index in [9.17, 15) is 13.2 Å². The van der Waals surface area contributed by atoms with E-state index in [2.05, 4.69) is 0 Å². The van der Waals surface area contributed by atoms with Crippen molar-refractivity contribution in [3.8, 4) is 0 Å². The molecule has 3 aromatic rings. The topological polar surface area (TPSA) is 57.7 Å². The Kier molecular flexibility index (Phi) is 4.98. The van der Waals surface area contributed by atoms with Gasteiger partial charge in [0.25, 0.3) is 0 Å². The molecule has 5 nitrogen and oxygen atoms in total. The molecule has 1 aliphatic rings. The Morgan fingerprint density at radius 2 is 1.25 bits per heavy atom. The smallest absolute Gasteiger partial charge is 0.245 e. The summed E-state index contributed by atoms with van der Waals surface area (Å²) in [5, 5.41) is 0.